The SMILES string of the molecule is CC(C)COCCSc1ccc(N)cc1Br. The zero-order valence-corrected chi connectivity index (χ0v) is 12.1. The number of nitrogens with two attached hydrogens (primary N) is 1. The van der Waals surface area contributed by atoms with Gasteiger partial charge >= 0.3 is 0 Å². The number of thioether (sulfide) groups is 1. The molecule has 4 heteroatoms. The van der Waals surface area contributed by atoms with Gasteiger partial charge < -0.3 is 10.5 Å². The molecular formula is C12H18BrNOS. The molecule has 0 saturated heterocycles. The quantitative estimate of drug-likeness (QED) is 0.493. The van der Waals surface area contributed by atoms with Gasteiger partial charge in [-0.15, -0.1) is 11.8 Å². The fourth-order valence-corrected chi connectivity index (χ4v) is 2.69. The minimum absolute atomic E-state index is 0.605. The predicted octanol–water partition coefficient (Wildman–Crippen LogP) is 3.80. The molecule has 0 aliphatic rings. The van der Waals surface area contributed by atoms with Crippen molar-refractivity contribution in [2.24, 2.45) is 5.92 Å². The van der Waals surface area contributed by atoms with Gasteiger partial charge in [0.1, 0.15) is 0 Å². The van der Waals surface area contributed by atoms with Crippen LogP contribution in [0.5, 0.6) is 0 Å². The Morgan fingerprint density at radius 3 is 2.81 bits per heavy atom. The molecule has 16 heavy (non-hydrogen) atoms. The van der Waals surface area contributed by atoms with Crippen molar-refractivity contribution < 1.29 is 4.74 Å². The van der Waals surface area contributed by atoms with E-state index in [-0.39, 0.29) is 0 Å². The summed E-state index contributed by atoms with van der Waals surface area (Å²) in [7, 11) is 0. The summed E-state index contributed by atoms with van der Waals surface area (Å²) >= 11 is 5.28. The molecular weight excluding hydrogens is 286 g/mol. The molecule has 1 aromatic rings. The lowest BCUT2D eigenvalue weighted by Gasteiger charge is -2.07. The van der Waals surface area contributed by atoms with Crippen molar-refractivity contribution in [3.63, 3.8) is 0 Å². The lowest BCUT2D eigenvalue weighted by molar-refractivity contribution is 0.124. The molecule has 0 heterocycles. The van der Waals surface area contributed by atoms with Crippen molar-refractivity contribution in [1.29, 1.82) is 0 Å². The number of anilines is 1. The smallest absolute Gasteiger partial charge is 0.0560 e. The third-order valence-corrected chi connectivity index (χ3v) is 3.85. The summed E-state index contributed by atoms with van der Waals surface area (Å²) in [5.41, 5.74) is 6.46. The Morgan fingerprint density at radius 1 is 1.44 bits per heavy atom. The first-order valence-corrected chi connectivity index (χ1v) is 7.13. The first-order valence-electron chi connectivity index (χ1n) is 5.35. The van der Waals surface area contributed by atoms with Crippen LogP contribution in [0.3, 0.4) is 0 Å². The topological polar surface area (TPSA) is 35.2 Å². The van der Waals surface area contributed by atoms with Gasteiger partial charge in [0, 0.05) is 27.4 Å². The highest BCUT2D eigenvalue weighted by molar-refractivity contribution is 9.10. The Morgan fingerprint density at radius 2 is 2.19 bits per heavy atom. The average Bonchev–Trinajstić information content (AvgIpc) is 2.20. The van der Waals surface area contributed by atoms with E-state index in [1.807, 2.05) is 18.2 Å². The molecule has 0 unspecified atom stereocenters. The number of benzene rings is 1. The van der Waals surface area contributed by atoms with Gasteiger partial charge in [-0.25, -0.2) is 0 Å². The Balaban J connectivity index is 2.27. The Kier molecular flexibility index (Phi) is 6.24. The number of nitrogen functional groups attached to an aromatic ring is 1. The highest BCUT2D eigenvalue weighted by Gasteiger charge is 2.01. The van der Waals surface area contributed by atoms with E-state index in [0.29, 0.717) is 5.92 Å². The van der Waals surface area contributed by atoms with Crippen LogP contribution in [-0.4, -0.2) is 19.0 Å². The molecule has 2 N–H and O–H groups in total. The molecule has 2 nitrogen and oxygen atoms in total. The summed E-state index contributed by atoms with van der Waals surface area (Å²) in [5.74, 6) is 1.57. The molecule has 0 spiro atoms. The van der Waals surface area contributed by atoms with Gasteiger partial charge in [0.15, 0.2) is 0 Å². The monoisotopic (exact) mass is 303 g/mol. The molecule has 0 aromatic heterocycles. The van der Waals surface area contributed by atoms with E-state index in [9.17, 15) is 0 Å². The summed E-state index contributed by atoms with van der Waals surface area (Å²) < 4.78 is 6.58. The van der Waals surface area contributed by atoms with Crippen molar-refractivity contribution in [2.45, 2.75) is 18.7 Å². The van der Waals surface area contributed by atoms with Crippen LogP contribution in [0.25, 0.3) is 0 Å². The molecule has 0 fully saturated rings. The van der Waals surface area contributed by atoms with Crippen LogP contribution in [-0.2, 0) is 4.74 Å². The first kappa shape index (κ1) is 13.9. The van der Waals surface area contributed by atoms with Crippen LogP contribution >= 0.6 is 27.7 Å². The number of hydrogen-bond acceptors (Lipinski definition) is 3. The third-order valence-electron chi connectivity index (χ3n) is 1.89. The second-order valence-electron chi connectivity index (χ2n) is 4.01. The second-order valence-corrected chi connectivity index (χ2v) is 6.00. The molecule has 0 amide bonds. The van der Waals surface area contributed by atoms with Gasteiger partial charge in [0.2, 0.25) is 0 Å². The second kappa shape index (κ2) is 7.20. The third kappa shape index (κ3) is 5.23. The van der Waals surface area contributed by atoms with Gasteiger partial charge in [-0.3, -0.25) is 0 Å². The largest absolute Gasteiger partial charge is 0.399 e. The zero-order valence-electron chi connectivity index (χ0n) is 9.70. The zero-order chi connectivity index (χ0) is 12.0. The van der Waals surface area contributed by atoms with Crippen molar-refractivity contribution in [3.8, 4) is 0 Å². The standard InChI is InChI=1S/C12H18BrNOS/c1-9(2)8-15-5-6-16-12-4-3-10(14)7-11(12)13/h3-4,7,9H,5-6,8,14H2,1-2H3. The van der Waals surface area contributed by atoms with Crippen LogP contribution in [0.4, 0.5) is 5.69 Å². The van der Waals surface area contributed by atoms with Crippen LogP contribution in [0.15, 0.2) is 27.6 Å². The fourth-order valence-electron chi connectivity index (χ4n) is 1.16. The summed E-state index contributed by atoms with van der Waals surface area (Å²) in [4.78, 5) is 1.21. The van der Waals surface area contributed by atoms with Gasteiger partial charge in [-0.2, -0.15) is 0 Å². The highest BCUT2D eigenvalue weighted by atomic mass is 79.9. The summed E-state index contributed by atoms with van der Waals surface area (Å²) in [5, 5.41) is 0. The van der Waals surface area contributed by atoms with Gasteiger partial charge in [-0.1, -0.05) is 13.8 Å². The van der Waals surface area contributed by atoms with Crippen LogP contribution in [0.1, 0.15) is 13.8 Å². The normalized spacial score (nSPS) is 11.0. The van der Waals surface area contributed by atoms with Crippen molar-refractivity contribution >= 4 is 33.4 Å². The summed E-state index contributed by atoms with van der Waals surface area (Å²) in [6, 6.07) is 5.88. The minimum atomic E-state index is 0.605. The molecule has 0 aliphatic heterocycles. The van der Waals surface area contributed by atoms with E-state index < -0.39 is 0 Å². The molecule has 0 saturated carbocycles. The van der Waals surface area contributed by atoms with Gasteiger partial charge in [0.25, 0.3) is 0 Å². The van der Waals surface area contributed by atoms with Crippen LogP contribution in [0, 0.1) is 5.92 Å². The van der Waals surface area contributed by atoms with E-state index in [1.165, 1.54) is 4.90 Å². The number of halogens is 1. The predicted molar refractivity (Wildman–Crippen MR) is 74.9 cm³/mol. The van der Waals surface area contributed by atoms with E-state index >= 15 is 0 Å². The maximum atomic E-state index is 5.67. The van der Waals surface area contributed by atoms with Crippen LogP contribution < -0.4 is 5.73 Å². The molecule has 0 aliphatic carbocycles. The van der Waals surface area contributed by atoms with E-state index in [0.717, 1.165) is 29.1 Å². The lowest BCUT2D eigenvalue weighted by Crippen LogP contribution is -2.04. The number of hydrogen-bond donors (Lipinski definition) is 1. The molecule has 1 rings (SSSR count). The molecule has 1 aromatic carbocycles. The van der Waals surface area contributed by atoms with E-state index in [2.05, 4.69) is 29.8 Å². The lowest BCUT2D eigenvalue weighted by atomic mass is 10.2. The van der Waals surface area contributed by atoms with Gasteiger partial charge in [-0.05, 0) is 40.0 Å². The summed E-state index contributed by atoms with van der Waals surface area (Å²) in [6.07, 6.45) is 0. The summed E-state index contributed by atoms with van der Waals surface area (Å²) in [6.45, 7) is 5.94. The average molecular weight is 304 g/mol. The maximum Gasteiger partial charge on any atom is 0.0560 e. The van der Waals surface area contributed by atoms with Crippen molar-refractivity contribution in [3.05, 3.63) is 22.7 Å². The first-order chi connectivity index (χ1) is 7.59. The fraction of sp³-hybridized carbons (Fsp3) is 0.500. The van der Waals surface area contributed by atoms with Gasteiger partial charge in [0.05, 0.1) is 6.61 Å². The van der Waals surface area contributed by atoms with E-state index in [4.69, 9.17) is 10.5 Å². The molecule has 90 valence electrons. The molecule has 0 atom stereocenters. The minimum Gasteiger partial charge on any atom is -0.399 e. The van der Waals surface area contributed by atoms with Crippen LogP contribution in [0.2, 0.25) is 0 Å². The molecule has 0 radical (unpaired) electrons. The number of rotatable bonds is 6. The maximum absolute atomic E-state index is 5.67. The van der Waals surface area contributed by atoms with Crippen molar-refractivity contribution in [1.82, 2.24) is 0 Å². The highest BCUT2D eigenvalue weighted by Crippen LogP contribution is 2.28. The Hall–Kier alpha value is -0.190. The molecule has 0 bridgehead atoms. The van der Waals surface area contributed by atoms with E-state index in [1.54, 1.807) is 11.8 Å². The van der Waals surface area contributed by atoms with Crippen molar-refractivity contribution in [2.75, 3.05) is 24.7 Å². The number of ether oxygens (including phenoxy) is 1. The Labute approximate surface area is 110 Å². The Bertz CT molecular complexity index is 331.